The number of nitrogens with zero attached hydrogens (tertiary/aromatic N) is 3. The van der Waals surface area contributed by atoms with Crippen LogP contribution in [0.25, 0.3) is 0 Å². The molecule has 1 aliphatic carbocycles. The number of aryl methyl sites for hydroxylation is 2. The van der Waals surface area contributed by atoms with Gasteiger partial charge in [-0.1, -0.05) is 19.8 Å². The molecule has 0 bridgehead atoms. The molecule has 0 aromatic carbocycles. The van der Waals surface area contributed by atoms with Crippen LogP contribution in [0.15, 0.2) is 6.07 Å². The van der Waals surface area contributed by atoms with Gasteiger partial charge in [0.25, 0.3) is 0 Å². The van der Waals surface area contributed by atoms with E-state index >= 15 is 0 Å². The van der Waals surface area contributed by atoms with Gasteiger partial charge in [-0.25, -0.2) is 9.97 Å². The van der Waals surface area contributed by atoms with Crippen molar-refractivity contribution in [3.8, 4) is 0 Å². The lowest BCUT2D eigenvalue weighted by atomic mass is 10.1. The van der Waals surface area contributed by atoms with Crippen LogP contribution in [-0.2, 0) is 11.2 Å². The van der Waals surface area contributed by atoms with Crippen LogP contribution in [-0.4, -0.2) is 39.9 Å². The van der Waals surface area contributed by atoms with Gasteiger partial charge >= 0.3 is 0 Å². The Morgan fingerprint density at radius 2 is 2.09 bits per heavy atom. The molecular weight excluding hydrogens is 276 g/mol. The summed E-state index contributed by atoms with van der Waals surface area (Å²) in [4.78, 5) is 23.4. The van der Waals surface area contributed by atoms with Crippen LogP contribution in [0.5, 0.6) is 0 Å². The summed E-state index contributed by atoms with van der Waals surface area (Å²) in [7, 11) is 0. The second kappa shape index (κ2) is 6.63. The summed E-state index contributed by atoms with van der Waals surface area (Å²) in [6.07, 6.45) is 6.51. The van der Waals surface area contributed by atoms with E-state index in [1.807, 2.05) is 17.9 Å². The second-order valence-electron chi connectivity index (χ2n) is 6.54. The number of nitrogens with one attached hydrogen (secondary N) is 1. The zero-order valence-electron chi connectivity index (χ0n) is 13.6. The summed E-state index contributed by atoms with van der Waals surface area (Å²) >= 11 is 0. The summed E-state index contributed by atoms with van der Waals surface area (Å²) in [5.41, 5.74) is 1.06. The van der Waals surface area contributed by atoms with Crippen LogP contribution >= 0.6 is 0 Å². The average Bonchev–Trinajstić information content (AvgIpc) is 3.17. The van der Waals surface area contributed by atoms with Crippen LogP contribution in [0.2, 0.25) is 0 Å². The molecule has 0 spiro atoms. The predicted octanol–water partition coefficient (Wildman–Crippen LogP) is 2.55. The number of rotatable bonds is 4. The third kappa shape index (κ3) is 3.39. The van der Waals surface area contributed by atoms with Crippen molar-refractivity contribution in [3.05, 3.63) is 17.6 Å². The number of anilines is 1. The van der Waals surface area contributed by atoms with E-state index in [2.05, 4.69) is 22.2 Å². The first-order valence-electron chi connectivity index (χ1n) is 8.55. The molecule has 1 aromatic heterocycles. The fourth-order valence-corrected chi connectivity index (χ4v) is 3.60. The molecule has 5 heteroatoms. The largest absolute Gasteiger partial charge is 0.365 e. The molecule has 5 nitrogen and oxygen atoms in total. The standard InChI is InChI=1S/C17H26N4O/c1-3-14-10-16(19-12(2)18-14)20-15-8-9-21(11-15)17(22)13-6-4-5-7-13/h10,13,15H,3-9,11H2,1-2H3,(H,18,19,20). The van der Waals surface area contributed by atoms with Gasteiger partial charge in [-0.15, -0.1) is 0 Å². The second-order valence-corrected chi connectivity index (χ2v) is 6.54. The molecule has 1 amide bonds. The Morgan fingerprint density at radius 3 is 2.82 bits per heavy atom. The first-order valence-corrected chi connectivity index (χ1v) is 8.55. The van der Waals surface area contributed by atoms with Crippen LogP contribution in [0.4, 0.5) is 5.82 Å². The maximum atomic E-state index is 12.5. The fourth-order valence-electron chi connectivity index (χ4n) is 3.60. The Balaban J connectivity index is 1.58. The highest BCUT2D eigenvalue weighted by Gasteiger charge is 2.32. The molecule has 1 atom stereocenters. The minimum Gasteiger partial charge on any atom is -0.365 e. The van der Waals surface area contributed by atoms with Crippen molar-refractivity contribution in [3.63, 3.8) is 0 Å². The number of hydrogen-bond donors (Lipinski definition) is 1. The molecule has 0 radical (unpaired) electrons. The molecule has 1 saturated heterocycles. The van der Waals surface area contributed by atoms with Crippen LogP contribution in [0, 0.1) is 12.8 Å². The summed E-state index contributed by atoms with van der Waals surface area (Å²) < 4.78 is 0. The van der Waals surface area contributed by atoms with Gasteiger partial charge in [-0.2, -0.15) is 0 Å². The zero-order chi connectivity index (χ0) is 15.5. The Labute approximate surface area is 132 Å². The van der Waals surface area contributed by atoms with Gasteiger partial charge < -0.3 is 10.2 Å². The van der Waals surface area contributed by atoms with E-state index in [1.54, 1.807) is 0 Å². The Kier molecular flexibility index (Phi) is 4.60. The smallest absolute Gasteiger partial charge is 0.225 e. The van der Waals surface area contributed by atoms with Crippen molar-refractivity contribution >= 4 is 11.7 Å². The van der Waals surface area contributed by atoms with Gasteiger partial charge in [0.15, 0.2) is 0 Å². The van der Waals surface area contributed by atoms with E-state index in [9.17, 15) is 4.79 Å². The zero-order valence-corrected chi connectivity index (χ0v) is 13.6. The summed E-state index contributed by atoms with van der Waals surface area (Å²) in [6.45, 7) is 5.70. The number of likely N-dealkylation sites (tertiary alicyclic amines) is 1. The lowest BCUT2D eigenvalue weighted by Crippen LogP contribution is -2.35. The van der Waals surface area contributed by atoms with E-state index in [1.165, 1.54) is 12.8 Å². The quantitative estimate of drug-likeness (QED) is 0.928. The van der Waals surface area contributed by atoms with E-state index in [0.29, 0.717) is 11.9 Å². The summed E-state index contributed by atoms with van der Waals surface area (Å²) in [5.74, 6) is 2.35. The molecule has 2 heterocycles. The molecule has 1 N–H and O–H groups in total. The molecular formula is C17H26N4O. The van der Waals surface area contributed by atoms with Crippen molar-refractivity contribution in [2.45, 2.75) is 58.4 Å². The van der Waals surface area contributed by atoms with E-state index < -0.39 is 0 Å². The molecule has 120 valence electrons. The monoisotopic (exact) mass is 302 g/mol. The third-order valence-electron chi connectivity index (χ3n) is 4.81. The van der Waals surface area contributed by atoms with Crippen molar-refractivity contribution in [2.24, 2.45) is 5.92 Å². The highest BCUT2D eigenvalue weighted by atomic mass is 16.2. The van der Waals surface area contributed by atoms with Crippen LogP contribution in [0.1, 0.15) is 50.5 Å². The molecule has 1 saturated carbocycles. The van der Waals surface area contributed by atoms with Crippen molar-refractivity contribution < 1.29 is 4.79 Å². The van der Waals surface area contributed by atoms with E-state index in [0.717, 1.165) is 56.1 Å². The van der Waals surface area contributed by atoms with Gasteiger partial charge in [0.1, 0.15) is 11.6 Å². The lowest BCUT2D eigenvalue weighted by Gasteiger charge is -2.21. The molecule has 2 fully saturated rings. The molecule has 3 rings (SSSR count). The maximum Gasteiger partial charge on any atom is 0.225 e. The summed E-state index contributed by atoms with van der Waals surface area (Å²) in [6, 6.07) is 2.33. The molecule has 1 aromatic rings. The van der Waals surface area contributed by atoms with Gasteiger partial charge in [-0.3, -0.25) is 4.79 Å². The predicted molar refractivity (Wildman–Crippen MR) is 86.7 cm³/mol. The van der Waals surface area contributed by atoms with Crippen LogP contribution in [0.3, 0.4) is 0 Å². The Morgan fingerprint density at radius 1 is 1.32 bits per heavy atom. The minimum absolute atomic E-state index is 0.284. The van der Waals surface area contributed by atoms with E-state index in [-0.39, 0.29) is 5.92 Å². The van der Waals surface area contributed by atoms with Gasteiger partial charge in [-0.05, 0) is 32.6 Å². The highest BCUT2D eigenvalue weighted by Crippen LogP contribution is 2.28. The van der Waals surface area contributed by atoms with Crippen molar-refractivity contribution in [1.82, 2.24) is 14.9 Å². The number of aromatic nitrogens is 2. The number of amides is 1. The fraction of sp³-hybridized carbons (Fsp3) is 0.706. The van der Waals surface area contributed by atoms with Crippen LogP contribution < -0.4 is 5.32 Å². The SMILES string of the molecule is CCc1cc(NC2CCN(C(=O)C3CCCC3)C2)nc(C)n1. The highest BCUT2D eigenvalue weighted by molar-refractivity contribution is 5.79. The van der Waals surface area contributed by atoms with E-state index in [4.69, 9.17) is 0 Å². The lowest BCUT2D eigenvalue weighted by molar-refractivity contribution is -0.134. The third-order valence-corrected chi connectivity index (χ3v) is 4.81. The van der Waals surface area contributed by atoms with Crippen molar-refractivity contribution in [1.29, 1.82) is 0 Å². The Hall–Kier alpha value is -1.65. The number of carbonyl (C=O) groups is 1. The molecule has 2 aliphatic rings. The number of carbonyl (C=O) groups excluding carboxylic acids is 1. The van der Waals surface area contributed by atoms with Gasteiger partial charge in [0.2, 0.25) is 5.91 Å². The topological polar surface area (TPSA) is 58.1 Å². The average molecular weight is 302 g/mol. The summed E-state index contributed by atoms with van der Waals surface area (Å²) in [5, 5.41) is 3.49. The first kappa shape index (κ1) is 15.3. The maximum absolute atomic E-state index is 12.5. The first-order chi connectivity index (χ1) is 10.7. The Bertz CT molecular complexity index is 539. The normalized spacial score (nSPS) is 22.3. The van der Waals surface area contributed by atoms with Crippen molar-refractivity contribution in [2.75, 3.05) is 18.4 Å². The number of hydrogen-bond acceptors (Lipinski definition) is 4. The molecule has 1 aliphatic heterocycles. The molecule has 1 unspecified atom stereocenters. The van der Waals surface area contributed by atoms with Gasteiger partial charge in [0.05, 0.1) is 0 Å². The molecule has 22 heavy (non-hydrogen) atoms. The minimum atomic E-state index is 0.284. The van der Waals surface area contributed by atoms with Gasteiger partial charge in [0, 0.05) is 36.8 Å².